The first kappa shape index (κ1) is 14.3. The minimum Gasteiger partial charge on any atom is -0.396 e. The monoisotopic (exact) mass is 300 g/mol. The van der Waals surface area contributed by atoms with Crippen molar-refractivity contribution >= 4 is 33.7 Å². The maximum atomic E-state index is 9.27. The molecule has 21 heavy (non-hydrogen) atoms. The predicted octanol–water partition coefficient (Wildman–Crippen LogP) is 2.68. The third-order valence-corrected chi connectivity index (χ3v) is 4.60. The lowest BCUT2D eigenvalue weighted by molar-refractivity contribution is 0.203. The predicted molar refractivity (Wildman–Crippen MR) is 91.9 cm³/mol. The Hall–Kier alpha value is -1.65. The van der Waals surface area contributed by atoms with Gasteiger partial charge < -0.3 is 15.7 Å². The highest BCUT2D eigenvalue weighted by Crippen LogP contribution is 2.32. The molecule has 0 unspecified atom stereocenters. The molecule has 0 bridgehead atoms. The van der Waals surface area contributed by atoms with Crippen LogP contribution in [0.1, 0.15) is 18.4 Å². The van der Waals surface area contributed by atoms with Crippen LogP contribution < -0.4 is 10.6 Å². The average molecular weight is 300 g/mol. The Morgan fingerprint density at radius 3 is 2.43 bits per heavy atom. The van der Waals surface area contributed by atoms with E-state index in [1.165, 1.54) is 11.1 Å². The zero-order valence-electron chi connectivity index (χ0n) is 12.0. The molecule has 0 radical (unpaired) electrons. The molecule has 1 heterocycles. The fraction of sp³-hybridized carbons (Fsp3) is 0.353. The molecule has 110 valence electrons. The van der Waals surface area contributed by atoms with Crippen molar-refractivity contribution in [3.05, 3.63) is 42.0 Å². The average Bonchev–Trinajstić information content (AvgIpc) is 2.54. The Bertz CT molecular complexity index is 663. The van der Waals surface area contributed by atoms with Gasteiger partial charge in [0.1, 0.15) is 4.99 Å². The fourth-order valence-electron chi connectivity index (χ4n) is 3.13. The smallest absolute Gasteiger partial charge is 0.104 e. The highest BCUT2D eigenvalue weighted by atomic mass is 32.1. The second-order valence-corrected chi connectivity index (χ2v) is 6.09. The van der Waals surface area contributed by atoms with Gasteiger partial charge in [0.2, 0.25) is 0 Å². The topological polar surface area (TPSA) is 49.5 Å². The van der Waals surface area contributed by atoms with Gasteiger partial charge in [-0.1, -0.05) is 36.5 Å². The van der Waals surface area contributed by atoms with Gasteiger partial charge in [-0.15, -0.1) is 0 Å². The van der Waals surface area contributed by atoms with E-state index in [0.717, 1.165) is 36.9 Å². The van der Waals surface area contributed by atoms with Crippen LogP contribution in [-0.4, -0.2) is 29.8 Å². The summed E-state index contributed by atoms with van der Waals surface area (Å²) in [5.74, 6) is 0.448. The van der Waals surface area contributed by atoms with E-state index >= 15 is 0 Å². The van der Waals surface area contributed by atoms with Crippen LogP contribution in [0, 0.1) is 5.92 Å². The van der Waals surface area contributed by atoms with Crippen LogP contribution in [0.5, 0.6) is 0 Å². The van der Waals surface area contributed by atoms with Crippen molar-refractivity contribution in [3.63, 3.8) is 0 Å². The van der Waals surface area contributed by atoms with Crippen LogP contribution in [-0.2, 0) is 0 Å². The van der Waals surface area contributed by atoms with Crippen LogP contribution in [0.4, 0.5) is 5.69 Å². The Labute approximate surface area is 130 Å². The molecule has 0 saturated carbocycles. The number of benzene rings is 2. The summed E-state index contributed by atoms with van der Waals surface area (Å²) in [6, 6.07) is 12.4. The first-order chi connectivity index (χ1) is 10.2. The molecule has 1 saturated heterocycles. The Balaban J connectivity index is 2.00. The van der Waals surface area contributed by atoms with Crippen LogP contribution in [0.25, 0.3) is 10.8 Å². The van der Waals surface area contributed by atoms with Gasteiger partial charge in [-0.05, 0) is 36.3 Å². The molecular weight excluding hydrogens is 280 g/mol. The van der Waals surface area contributed by atoms with Crippen molar-refractivity contribution in [2.75, 3.05) is 24.6 Å². The number of piperidine rings is 1. The Morgan fingerprint density at radius 1 is 1.14 bits per heavy atom. The SMILES string of the molecule is NC(=S)c1ccc(N2CCC(CO)CC2)c2ccccc12. The van der Waals surface area contributed by atoms with Crippen molar-refractivity contribution in [2.45, 2.75) is 12.8 Å². The summed E-state index contributed by atoms with van der Waals surface area (Å²) >= 11 is 5.16. The first-order valence-electron chi connectivity index (χ1n) is 7.38. The quantitative estimate of drug-likeness (QED) is 0.856. The molecule has 2 aromatic rings. The van der Waals surface area contributed by atoms with Gasteiger partial charge >= 0.3 is 0 Å². The van der Waals surface area contributed by atoms with Crippen molar-refractivity contribution in [1.29, 1.82) is 0 Å². The van der Waals surface area contributed by atoms with Gasteiger partial charge in [0.05, 0.1) is 0 Å². The van der Waals surface area contributed by atoms with Gasteiger partial charge in [-0.25, -0.2) is 0 Å². The summed E-state index contributed by atoms with van der Waals surface area (Å²) in [7, 11) is 0. The molecule has 0 aliphatic carbocycles. The summed E-state index contributed by atoms with van der Waals surface area (Å²) in [5.41, 5.74) is 8.01. The fourth-order valence-corrected chi connectivity index (χ4v) is 3.31. The van der Waals surface area contributed by atoms with Gasteiger partial charge in [-0.2, -0.15) is 0 Å². The van der Waals surface area contributed by atoms with Crippen LogP contribution in [0.15, 0.2) is 36.4 Å². The number of hydrogen-bond acceptors (Lipinski definition) is 3. The van der Waals surface area contributed by atoms with Gasteiger partial charge in [0, 0.05) is 36.3 Å². The highest BCUT2D eigenvalue weighted by Gasteiger charge is 2.20. The van der Waals surface area contributed by atoms with Crippen LogP contribution in [0.3, 0.4) is 0 Å². The van der Waals surface area contributed by atoms with E-state index in [1.54, 1.807) is 0 Å². The highest BCUT2D eigenvalue weighted by molar-refractivity contribution is 7.80. The number of anilines is 1. The number of rotatable bonds is 3. The number of thiocarbonyl (C=S) groups is 1. The summed E-state index contributed by atoms with van der Waals surface area (Å²) in [6.45, 7) is 2.28. The number of nitrogens with zero attached hydrogens (tertiary/aromatic N) is 1. The van der Waals surface area contributed by atoms with E-state index < -0.39 is 0 Å². The van der Waals surface area contributed by atoms with Gasteiger partial charge in [-0.3, -0.25) is 0 Å². The van der Waals surface area contributed by atoms with E-state index in [2.05, 4.69) is 29.2 Å². The standard InChI is InChI=1S/C17H20N2OS/c18-17(21)15-5-6-16(14-4-2-1-3-13(14)15)19-9-7-12(11-20)8-10-19/h1-6,12,20H,7-11H2,(H2,18,21). The lowest BCUT2D eigenvalue weighted by atomic mass is 9.96. The van der Waals surface area contributed by atoms with E-state index in [-0.39, 0.29) is 0 Å². The van der Waals surface area contributed by atoms with Crippen molar-refractivity contribution in [3.8, 4) is 0 Å². The number of aliphatic hydroxyl groups excluding tert-OH is 1. The molecule has 3 N–H and O–H groups in total. The molecule has 0 spiro atoms. The maximum absolute atomic E-state index is 9.27. The molecule has 1 aliphatic rings. The minimum atomic E-state index is 0.301. The molecule has 0 atom stereocenters. The maximum Gasteiger partial charge on any atom is 0.104 e. The second kappa shape index (κ2) is 6.00. The molecule has 3 rings (SSSR count). The minimum absolute atomic E-state index is 0.301. The third kappa shape index (κ3) is 2.74. The molecule has 0 aromatic heterocycles. The Morgan fingerprint density at radius 2 is 1.81 bits per heavy atom. The summed E-state index contributed by atoms with van der Waals surface area (Å²) in [6.07, 6.45) is 2.09. The summed E-state index contributed by atoms with van der Waals surface area (Å²) in [5, 5.41) is 11.6. The summed E-state index contributed by atoms with van der Waals surface area (Å²) in [4.78, 5) is 2.84. The number of nitrogens with two attached hydrogens (primary N) is 1. The molecule has 0 amide bonds. The van der Waals surface area contributed by atoms with E-state index in [0.29, 0.717) is 17.5 Å². The van der Waals surface area contributed by atoms with Gasteiger partial charge in [0.25, 0.3) is 0 Å². The van der Waals surface area contributed by atoms with Crippen LogP contribution in [0.2, 0.25) is 0 Å². The molecular formula is C17H20N2OS. The lowest BCUT2D eigenvalue weighted by Gasteiger charge is -2.33. The normalized spacial score (nSPS) is 16.3. The third-order valence-electron chi connectivity index (χ3n) is 4.38. The molecule has 1 aliphatic heterocycles. The van der Waals surface area contributed by atoms with E-state index in [9.17, 15) is 5.11 Å². The zero-order chi connectivity index (χ0) is 14.8. The molecule has 1 fully saturated rings. The van der Waals surface area contributed by atoms with Crippen molar-refractivity contribution < 1.29 is 5.11 Å². The second-order valence-electron chi connectivity index (χ2n) is 5.66. The lowest BCUT2D eigenvalue weighted by Crippen LogP contribution is -2.34. The molecule has 3 nitrogen and oxygen atoms in total. The zero-order valence-corrected chi connectivity index (χ0v) is 12.8. The Kier molecular flexibility index (Phi) is 4.08. The number of aliphatic hydroxyl groups is 1. The largest absolute Gasteiger partial charge is 0.396 e. The van der Waals surface area contributed by atoms with Crippen molar-refractivity contribution in [1.82, 2.24) is 0 Å². The first-order valence-corrected chi connectivity index (χ1v) is 7.79. The van der Waals surface area contributed by atoms with Gasteiger partial charge in [0.15, 0.2) is 0 Å². The van der Waals surface area contributed by atoms with Crippen LogP contribution >= 0.6 is 12.2 Å². The molecule has 4 heteroatoms. The number of fused-ring (bicyclic) bond motifs is 1. The van der Waals surface area contributed by atoms with Crippen molar-refractivity contribution in [2.24, 2.45) is 11.7 Å². The molecule has 2 aromatic carbocycles. The van der Waals surface area contributed by atoms with E-state index in [4.69, 9.17) is 18.0 Å². The van der Waals surface area contributed by atoms with E-state index in [1.807, 2.05) is 12.1 Å². The summed E-state index contributed by atoms with van der Waals surface area (Å²) < 4.78 is 0. The number of hydrogen-bond donors (Lipinski definition) is 2.